The summed E-state index contributed by atoms with van der Waals surface area (Å²) in [6.45, 7) is 6.54. The number of benzene rings is 1. The summed E-state index contributed by atoms with van der Waals surface area (Å²) in [5, 5.41) is 15.3. The van der Waals surface area contributed by atoms with Gasteiger partial charge in [0.05, 0.1) is 11.4 Å². The van der Waals surface area contributed by atoms with Crippen LogP contribution in [0.15, 0.2) is 48.0 Å². The van der Waals surface area contributed by atoms with Crippen molar-refractivity contribution < 1.29 is 0 Å². The Labute approximate surface area is 182 Å². The van der Waals surface area contributed by atoms with Crippen LogP contribution in [-0.2, 0) is 13.1 Å². The molecule has 1 aromatic carbocycles. The van der Waals surface area contributed by atoms with Gasteiger partial charge in [-0.25, -0.2) is 9.67 Å². The molecule has 3 rings (SSSR count). The molecule has 0 unspecified atom stereocenters. The van der Waals surface area contributed by atoms with Crippen molar-refractivity contribution in [1.82, 2.24) is 35.2 Å². The van der Waals surface area contributed by atoms with Gasteiger partial charge in [0.15, 0.2) is 5.96 Å². The smallest absolute Gasteiger partial charge is 0.191 e. The third kappa shape index (κ3) is 6.04. The van der Waals surface area contributed by atoms with E-state index < -0.39 is 0 Å². The molecule has 0 radical (unpaired) electrons. The van der Waals surface area contributed by atoms with Crippen molar-refractivity contribution in [3.05, 3.63) is 59.9 Å². The van der Waals surface area contributed by atoms with E-state index in [0.717, 1.165) is 36.9 Å². The van der Waals surface area contributed by atoms with Crippen molar-refractivity contribution in [2.45, 2.75) is 33.4 Å². The van der Waals surface area contributed by atoms with Crippen molar-refractivity contribution >= 4 is 29.9 Å². The lowest BCUT2D eigenvalue weighted by atomic mass is 10.2. The van der Waals surface area contributed by atoms with E-state index in [1.165, 1.54) is 17.6 Å². The van der Waals surface area contributed by atoms with Crippen LogP contribution >= 0.6 is 24.0 Å². The Balaban J connectivity index is 0.00000280. The zero-order valence-electron chi connectivity index (χ0n) is 16.5. The molecule has 2 heterocycles. The van der Waals surface area contributed by atoms with E-state index in [9.17, 15) is 0 Å². The minimum absolute atomic E-state index is 0. The second-order valence-electron chi connectivity index (χ2n) is 6.36. The summed E-state index contributed by atoms with van der Waals surface area (Å²) in [5.41, 5.74) is 4.42. The van der Waals surface area contributed by atoms with Crippen LogP contribution in [0.4, 0.5) is 0 Å². The number of rotatable bonds is 7. The summed E-state index contributed by atoms with van der Waals surface area (Å²) in [4.78, 5) is 8.24. The van der Waals surface area contributed by atoms with Crippen LogP contribution < -0.4 is 10.6 Å². The number of nitrogens with zero attached hydrogens (tertiary/aromatic N) is 6. The Kier molecular flexibility index (Phi) is 8.42. The first-order valence-electron chi connectivity index (χ1n) is 9.05. The molecule has 0 aliphatic rings. The molecule has 0 saturated carbocycles. The second-order valence-corrected chi connectivity index (χ2v) is 6.36. The van der Waals surface area contributed by atoms with Crippen LogP contribution in [0, 0.1) is 13.8 Å². The average molecular weight is 494 g/mol. The first-order chi connectivity index (χ1) is 13.2. The number of aliphatic imine (C=N–C) groups is 1. The maximum atomic E-state index is 4.48. The van der Waals surface area contributed by atoms with E-state index >= 15 is 0 Å². The topological polar surface area (TPSA) is 85.0 Å². The molecule has 0 saturated heterocycles. The largest absolute Gasteiger partial charge is 0.356 e. The molecule has 0 spiro atoms. The molecule has 0 atom stereocenters. The fraction of sp³-hybridized carbons (Fsp3) is 0.368. The van der Waals surface area contributed by atoms with Gasteiger partial charge in [-0.05, 0) is 44.0 Å². The van der Waals surface area contributed by atoms with Gasteiger partial charge in [0.1, 0.15) is 12.7 Å². The van der Waals surface area contributed by atoms with Gasteiger partial charge in [-0.15, -0.1) is 24.0 Å². The quantitative estimate of drug-likeness (QED) is 0.228. The molecule has 0 fully saturated rings. The molecule has 8 nitrogen and oxygen atoms in total. The maximum Gasteiger partial charge on any atom is 0.191 e. The third-order valence-electron chi connectivity index (χ3n) is 4.25. The van der Waals surface area contributed by atoms with E-state index in [1.54, 1.807) is 18.1 Å². The van der Waals surface area contributed by atoms with E-state index in [-0.39, 0.29) is 24.0 Å². The van der Waals surface area contributed by atoms with E-state index in [2.05, 4.69) is 55.9 Å². The second kappa shape index (κ2) is 10.8. The lowest BCUT2D eigenvalue weighted by Crippen LogP contribution is -2.37. The zero-order chi connectivity index (χ0) is 19.1. The van der Waals surface area contributed by atoms with Gasteiger partial charge < -0.3 is 10.6 Å². The molecule has 0 amide bonds. The zero-order valence-corrected chi connectivity index (χ0v) is 18.8. The number of guanidine groups is 1. The Hall–Kier alpha value is -2.43. The third-order valence-corrected chi connectivity index (χ3v) is 4.25. The van der Waals surface area contributed by atoms with E-state index in [4.69, 9.17) is 0 Å². The Morgan fingerprint density at radius 2 is 1.93 bits per heavy atom. The van der Waals surface area contributed by atoms with Gasteiger partial charge in [-0.2, -0.15) is 10.2 Å². The number of aryl methyl sites for hydroxylation is 3. The molecule has 3 aromatic rings. The maximum absolute atomic E-state index is 4.48. The highest BCUT2D eigenvalue weighted by molar-refractivity contribution is 14.0. The fourth-order valence-corrected chi connectivity index (χ4v) is 2.85. The number of halogens is 1. The van der Waals surface area contributed by atoms with Crippen molar-refractivity contribution in [1.29, 1.82) is 0 Å². The molecular weight excluding hydrogens is 467 g/mol. The molecular formula is C19H27IN8. The molecule has 0 bridgehead atoms. The minimum Gasteiger partial charge on any atom is -0.356 e. The summed E-state index contributed by atoms with van der Waals surface area (Å²) < 4.78 is 3.78. The van der Waals surface area contributed by atoms with Gasteiger partial charge in [0.25, 0.3) is 0 Å². The Bertz CT molecular complexity index is 868. The van der Waals surface area contributed by atoms with Crippen molar-refractivity contribution in [2.24, 2.45) is 4.99 Å². The van der Waals surface area contributed by atoms with E-state index in [1.807, 2.05) is 23.7 Å². The van der Waals surface area contributed by atoms with Gasteiger partial charge in [-0.1, -0.05) is 12.1 Å². The molecule has 2 aromatic heterocycles. The van der Waals surface area contributed by atoms with Crippen LogP contribution in [0.1, 0.15) is 23.4 Å². The van der Waals surface area contributed by atoms with Crippen LogP contribution in [-0.4, -0.2) is 44.1 Å². The summed E-state index contributed by atoms with van der Waals surface area (Å²) in [5.74, 6) is 0.795. The first kappa shape index (κ1) is 21.9. The number of nitrogens with one attached hydrogen (secondary N) is 2. The number of hydrogen-bond acceptors (Lipinski definition) is 4. The number of aromatic nitrogens is 5. The Morgan fingerprint density at radius 1 is 1.14 bits per heavy atom. The fourth-order valence-electron chi connectivity index (χ4n) is 2.85. The molecule has 28 heavy (non-hydrogen) atoms. The van der Waals surface area contributed by atoms with Crippen molar-refractivity contribution in [3.8, 4) is 5.69 Å². The average Bonchev–Trinajstić information content (AvgIpc) is 3.31. The summed E-state index contributed by atoms with van der Waals surface area (Å²) in [6, 6.07) is 10.3. The van der Waals surface area contributed by atoms with Crippen molar-refractivity contribution in [3.63, 3.8) is 0 Å². The van der Waals surface area contributed by atoms with Crippen LogP contribution in [0.2, 0.25) is 0 Å². The highest BCUT2D eigenvalue weighted by Crippen LogP contribution is 2.07. The summed E-state index contributed by atoms with van der Waals surface area (Å²) in [6.07, 6.45) is 4.19. The molecule has 2 N–H and O–H groups in total. The highest BCUT2D eigenvalue weighted by Gasteiger charge is 2.02. The lowest BCUT2D eigenvalue weighted by molar-refractivity contribution is 0.555. The van der Waals surface area contributed by atoms with Gasteiger partial charge in [0.2, 0.25) is 0 Å². The summed E-state index contributed by atoms with van der Waals surface area (Å²) in [7, 11) is 1.78. The van der Waals surface area contributed by atoms with Gasteiger partial charge >= 0.3 is 0 Å². The first-order valence-corrected chi connectivity index (χ1v) is 9.05. The van der Waals surface area contributed by atoms with Crippen LogP contribution in [0.5, 0.6) is 0 Å². The predicted octanol–water partition coefficient (Wildman–Crippen LogP) is 2.45. The normalized spacial score (nSPS) is 11.2. The van der Waals surface area contributed by atoms with Crippen molar-refractivity contribution in [2.75, 3.05) is 13.6 Å². The molecule has 0 aliphatic carbocycles. The SMILES string of the molecule is CN=C(NCCCn1nc(C)cc1C)NCc1ccc(-n2cncn2)cc1.I. The monoisotopic (exact) mass is 494 g/mol. The van der Waals surface area contributed by atoms with E-state index in [0.29, 0.717) is 6.54 Å². The summed E-state index contributed by atoms with van der Waals surface area (Å²) >= 11 is 0. The van der Waals surface area contributed by atoms with Crippen LogP contribution in [0.3, 0.4) is 0 Å². The Morgan fingerprint density at radius 3 is 2.54 bits per heavy atom. The highest BCUT2D eigenvalue weighted by atomic mass is 127. The molecule has 9 heteroatoms. The number of hydrogen-bond donors (Lipinski definition) is 2. The van der Waals surface area contributed by atoms with Gasteiger partial charge in [-0.3, -0.25) is 9.67 Å². The molecule has 0 aliphatic heterocycles. The standard InChI is InChI=1S/C19H26N8.HI/c1-15-11-16(2)26(25-15)10-4-9-22-19(20-3)23-12-17-5-7-18(8-6-17)27-14-21-13-24-27;/h5-8,11,13-14H,4,9-10,12H2,1-3H3,(H2,20,22,23);1H. The lowest BCUT2D eigenvalue weighted by Gasteiger charge is -2.12. The van der Waals surface area contributed by atoms with Gasteiger partial charge in [0, 0.05) is 32.4 Å². The van der Waals surface area contributed by atoms with Crippen LogP contribution in [0.25, 0.3) is 5.69 Å². The molecule has 150 valence electrons. The minimum atomic E-state index is 0. The predicted molar refractivity (Wildman–Crippen MR) is 121 cm³/mol.